The van der Waals surface area contributed by atoms with Crippen molar-refractivity contribution in [1.29, 1.82) is 0 Å². The van der Waals surface area contributed by atoms with Gasteiger partial charge in [0.15, 0.2) is 4.90 Å². The fraction of sp³-hybridized carbons (Fsp3) is 0.500. The molecule has 0 bridgehead atoms. The van der Waals surface area contributed by atoms with Crippen LogP contribution in [0.3, 0.4) is 0 Å². The van der Waals surface area contributed by atoms with Gasteiger partial charge >= 0.3 is 5.69 Å². The van der Waals surface area contributed by atoms with Gasteiger partial charge in [-0.15, -0.1) is 0 Å². The third-order valence-electron chi connectivity index (χ3n) is 3.32. The van der Waals surface area contributed by atoms with Crippen LogP contribution in [0.15, 0.2) is 23.1 Å². The van der Waals surface area contributed by atoms with E-state index >= 15 is 0 Å². The highest BCUT2D eigenvalue weighted by molar-refractivity contribution is 7.89. The molecule has 1 aromatic rings. The minimum atomic E-state index is -4.07. The van der Waals surface area contributed by atoms with E-state index in [2.05, 4.69) is 4.72 Å². The first-order valence-corrected chi connectivity index (χ1v) is 7.88. The van der Waals surface area contributed by atoms with Crippen LogP contribution >= 0.6 is 0 Å². The second kappa shape index (κ2) is 5.58. The van der Waals surface area contributed by atoms with E-state index in [0.717, 1.165) is 6.42 Å². The van der Waals surface area contributed by atoms with Crippen molar-refractivity contribution >= 4 is 21.4 Å². The molecule has 9 heteroatoms. The molecular formula is C12H17N3O5S. The first kappa shape index (κ1) is 15.7. The summed E-state index contributed by atoms with van der Waals surface area (Å²) in [7, 11) is -4.07. The summed E-state index contributed by atoms with van der Waals surface area (Å²) in [5.74, 6) is 0. The molecule has 21 heavy (non-hydrogen) atoms. The summed E-state index contributed by atoms with van der Waals surface area (Å²) >= 11 is 0. The normalized spacial score (nSPS) is 22.9. The van der Waals surface area contributed by atoms with Crippen LogP contribution in [0, 0.1) is 10.1 Å². The molecule has 1 aliphatic heterocycles. The van der Waals surface area contributed by atoms with Crippen molar-refractivity contribution in [3.05, 3.63) is 28.3 Å². The van der Waals surface area contributed by atoms with E-state index in [1.165, 1.54) is 18.2 Å². The Kier molecular flexibility index (Phi) is 4.17. The lowest BCUT2D eigenvalue weighted by atomic mass is 9.97. The van der Waals surface area contributed by atoms with E-state index in [0.29, 0.717) is 13.0 Å². The van der Waals surface area contributed by atoms with Crippen LogP contribution in [0.1, 0.15) is 19.8 Å². The molecule has 1 fully saturated rings. The molecule has 0 aliphatic carbocycles. The fourth-order valence-corrected chi connectivity index (χ4v) is 3.97. The monoisotopic (exact) mass is 315 g/mol. The predicted octanol–water partition coefficient (Wildman–Crippen LogP) is 1.02. The maximum absolute atomic E-state index is 12.5. The molecule has 2 rings (SSSR count). The van der Waals surface area contributed by atoms with E-state index in [-0.39, 0.29) is 12.3 Å². The average molecular weight is 315 g/mol. The van der Waals surface area contributed by atoms with Crippen molar-refractivity contribution in [2.45, 2.75) is 30.2 Å². The van der Waals surface area contributed by atoms with Crippen LogP contribution in [0.5, 0.6) is 0 Å². The summed E-state index contributed by atoms with van der Waals surface area (Å²) in [6.07, 6.45) is 1.32. The van der Waals surface area contributed by atoms with Crippen molar-refractivity contribution in [3.63, 3.8) is 0 Å². The van der Waals surface area contributed by atoms with Crippen molar-refractivity contribution in [3.8, 4) is 0 Å². The topological polar surface area (TPSA) is 125 Å². The first-order chi connectivity index (χ1) is 9.75. The summed E-state index contributed by atoms with van der Waals surface area (Å²) < 4.78 is 32.7. The smallest absolute Gasteiger partial charge is 0.312 e. The number of benzene rings is 1. The Morgan fingerprint density at radius 1 is 1.48 bits per heavy atom. The van der Waals surface area contributed by atoms with E-state index in [1.807, 2.05) is 0 Å². The third kappa shape index (κ3) is 3.31. The Morgan fingerprint density at radius 3 is 2.76 bits per heavy atom. The summed E-state index contributed by atoms with van der Waals surface area (Å²) in [6.45, 7) is 2.51. The van der Waals surface area contributed by atoms with Crippen LogP contribution in [0.4, 0.5) is 11.4 Å². The summed E-state index contributed by atoms with van der Waals surface area (Å²) in [4.78, 5) is 9.85. The largest absolute Gasteiger partial charge is 0.393 e. The molecule has 1 heterocycles. The summed E-state index contributed by atoms with van der Waals surface area (Å²) in [6, 6.07) is 3.84. The number of nitrogens with two attached hydrogens (primary N) is 1. The molecule has 3 N–H and O–H groups in total. The van der Waals surface area contributed by atoms with Gasteiger partial charge in [0.1, 0.15) is 5.69 Å². The number of hydrogen-bond acceptors (Lipinski definition) is 6. The quantitative estimate of drug-likeness (QED) is 0.485. The number of nitrogens with one attached hydrogen (secondary N) is 1. The number of nitrogens with zero attached hydrogens (tertiary/aromatic N) is 1. The van der Waals surface area contributed by atoms with Crippen LogP contribution in [-0.4, -0.2) is 32.1 Å². The van der Waals surface area contributed by atoms with Crippen molar-refractivity contribution in [1.82, 2.24) is 4.72 Å². The van der Waals surface area contributed by atoms with Gasteiger partial charge in [-0.3, -0.25) is 10.1 Å². The second-order valence-electron chi connectivity index (χ2n) is 5.27. The number of ether oxygens (including phenoxy) is 1. The molecule has 0 spiro atoms. The minimum Gasteiger partial charge on any atom is -0.393 e. The Bertz CT molecular complexity index is 653. The van der Waals surface area contributed by atoms with Crippen molar-refractivity contribution in [2.24, 2.45) is 0 Å². The molecule has 8 nitrogen and oxygen atoms in total. The van der Waals surface area contributed by atoms with Crippen molar-refractivity contribution in [2.75, 3.05) is 18.9 Å². The fourth-order valence-electron chi connectivity index (χ4n) is 2.35. The Morgan fingerprint density at radius 2 is 2.19 bits per heavy atom. The zero-order chi connectivity index (χ0) is 15.7. The SMILES string of the molecule is CC1(NS(=O)(=O)c2cccc(N)c2[N+](=O)[O-])CCCOC1. The van der Waals surface area contributed by atoms with Gasteiger partial charge in [0.2, 0.25) is 10.0 Å². The molecule has 0 amide bonds. The molecular weight excluding hydrogens is 298 g/mol. The van der Waals surface area contributed by atoms with Crippen LogP contribution in [-0.2, 0) is 14.8 Å². The van der Waals surface area contributed by atoms with E-state index in [4.69, 9.17) is 10.5 Å². The van der Waals surface area contributed by atoms with E-state index in [1.54, 1.807) is 6.92 Å². The van der Waals surface area contributed by atoms with Gasteiger partial charge in [-0.05, 0) is 31.9 Å². The highest BCUT2D eigenvalue weighted by atomic mass is 32.2. The molecule has 1 saturated heterocycles. The average Bonchev–Trinajstić information content (AvgIpc) is 2.37. The van der Waals surface area contributed by atoms with Gasteiger partial charge in [-0.25, -0.2) is 13.1 Å². The summed E-state index contributed by atoms with van der Waals surface area (Å²) in [5.41, 5.74) is 3.95. The number of hydrogen-bond donors (Lipinski definition) is 2. The number of para-hydroxylation sites is 1. The van der Waals surface area contributed by atoms with Gasteiger partial charge in [0, 0.05) is 6.61 Å². The number of sulfonamides is 1. The second-order valence-corrected chi connectivity index (χ2v) is 6.92. The molecule has 0 radical (unpaired) electrons. The lowest BCUT2D eigenvalue weighted by molar-refractivity contribution is -0.386. The molecule has 116 valence electrons. The zero-order valence-corrected chi connectivity index (χ0v) is 12.4. The molecule has 1 aromatic carbocycles. The third-order valence-corrected chi connectivity index (χ3v) is 4.99. The minimum absolute atomic E-state index is 0.187. The molecule has 0 aromatic heterocycles. The Labute approximate surface area is 122 Å². The van der Waals surface area contributed by atoms with E-state index < -0.39 is 31.1 Å². The zero-order valence-electron chi connectivity index (χ0n) is 11.5. The van der Waals surface area contributed by atoms with Crippen LogP contribution in [0.25, 0.3) is 0 Å². The highest BCUT2D eigenvalue weighted by Gasteiger charge is 2.36. The van der Waals surface area contributed by atoms with Crippen LogP contribution < -0.4 is 10.5 Å². The first-order valence-electron chi connectivity index (χ1n) is 6.40. The number of nitro benzene ring substituents is 1. The highest BCUT2D eigenvalue weighted by Crippen LogP contribution is 2.31. The lowest BCUT2D eigenvalue weighted by Crippen LogP contribution is -2.51. The number of anilines is 1. The van der Waals surface area contributed by atoms with Gasteiger partial charge in [0.25, 0.3) is 0 Å². The number of nitrogen functional groups attached to an aromatic ring is 1. The van der Waals surface area contributed by atoms with E-state index in [9.17, 15) is 18.5 Å². The lowest BCUT2D eigenvalue weighted by Gasteiger charge is -2.33. The maximum Gasteiger partial charge on any atom is 0.312 e. The molecule has 1 aliphatic rings. The number of rotatable bonds is 4. The predicted molar refractivity (Wildman–Crippen MR) is 76.3 cm³/mol. The van der Waals surface area contributed by atoms with Gasteiger partial charge < -0.3 is 10.5 Å². The standard InChI is InChI=1S/C12H17N3O5S/c1-12(6-3-7-20-8-12)14-21(18,19)10-5-2-4-9(13)11(10)15(16)17/h2,4-5,14H,3,6-8,13H2,1H3. The summed E-state index contributed by atoms with van der Waals surface area (Å²) in [5, 5.41) is 11.1. The van der Waals surface area contributed by atoms with Gasteiger partial charge in [-0.1, -0.05) is 6.07 Å². The molecule has 0 saturated carbocycles. The molecule has 1 unspecified atom stereocenters. The number of nitro groups is 1. The van der Waals surface area contributed by atoms with Crippen LogP contribution in [0.2, 0.25) is 0 Å². The van der Waals surface area contributed by atoms with Crippen molar-refractivity contribution < 1.29 is 18.1 Å². The van der Waals surface area contributed by atoms with Gasteiger partial charge in [-0.2, -0.15) is 0 Å². The van der Waals surface area contributed by atoms with Gasteiger partial charge in [0.05, 0.1) is 17.1 Å². The Hall–Kier alpha value is -1.71. The molecule has 1 atom stereocenters. The maximum atomic E-state index is 12.5. The Balaban J connectivity index is 2.40.